The number of fused-ring (bicyclic) bond motifs is 1. The minimum atomic E-state index is 0.274. The summed E-state index contributed by atoms with van der Waals surface area (Å²) in [6.45, 7) is 1.62. The highest BCUT2D eigenvalue weighted by molar-refractivity contribution is 5.83. The number of aromatic nitrogens is 4. The molecule has 1 aliphatic rings. The predicted molar refractivity (Wildman–Crippen MR) is 68.7 cm³/mol. The summed E-state index contributed by atoms with van der Waals surface area (Å²) in [5.74, 6) is 1.32. The molecule has 1 unspecified atom stereocenters. The Morgan fingerprint density at radius 2 is 2.44 bits per heavy atom. The normalized spacial score (nSPS) is 19.3. The molecule has 0 aliphatic carbocycles. The van der Waals surface area contributed by atoms with Crippen molar-refractivity contribution in [1.82, 2.24) is 19.9 Å². The first-order chi connectivity index (χ1) is 8.86. The van der Waals surface area contributed by atoms with E-state index in [0.29, 0.717) is 11.6 Å². The summed E-state index contributed by atoms with van der Waals surface area (Å²) in [5, 5.41) is 6.23. The molecular weight excluding hydrogens is 232 g/mol. The van der Waals surface area contributed by atoms with E-state index in [9.17, 15) is 0 Å². The molecule has 0 radical (unpaired) electrons. The minimum absolute atomic E-state index is 0.274. The van der Waals surface area contributed by atoms with Crippen molar-refractivity contribution < 1.29 is 4.74 Å². The lowest BCUT2D eigenvalue weighted by Crippen LogP contribution is -2.19. The smallest absolute Gasteiger partial charge is 0.226 e. The van der Waals surface area contributed by atoms with Gasteiger partial charge in [-0.2, -0.15) is 9.97 Å². The molecule has 7 nitrogen and oxygen atoms in total. The molecule has 18 heavy (non-hydrogen) atoms. The van der Waals surface area contributed by atoms with E-state index >= 15 is 0 Å². The Bertz CT molecular complexity index is 533. The van der Waals surface area contributed by atoms with Crippen LogP contribution >= 0.6 is 0 Å². The number of hydrogen-bond donors (Lipinski definition) is 3. The fraction of sp³-hybridized carbons (Fsp3) is 0.545. The molecule has 0 aromatic carbocycles. The van der Waals surface area contributed by atoms with E-state index in [1.54, 1.807) is 13.4 Å². The number of ether oxygens (including phenoxy) is 1. The molecule has 7 heteroatoms. The summed E-state index contributed by atoms with van der Waals surface area (Å²) < 4.78 is 5.58. The molecule has 1 atom stereocenters. The standard InChI is InChI=1S/C11H16N6O/c1-12-11-16-9(8-10(17-11)15-6-14-8)13-5-7-3-2-4-18-7/h6-7H,2-5H2,1H3,(H3,12,13,14,15,16,17). The van der Waals surface area contributed by atoms with Gasteiger partial charge in [-0.1, -0.05) is 0 Å². The van der Waals surface area contributed by atoms with Crippen molar-refractivity contribution in [2.75, 3.05) is 30.8 Å². The van der Waals surface area contributed by atoms with Crippen LogP contribution in [0.2, 0.25) is 0 Å². The van der Waals surface area contributed by atoms with Gasteiger partial charge < -0.3 is 20.4 Å². The second-order valence-electron chi connectivity index (χ2n) is 4.26. The van der Waals surface area contributed by atoms with Crippen molar-refractivity contribution in [2.45, 2.75) is 18.9 Å². The number of nitrogens with zero attached hydrogens (tertiary/aromatic N) is 3. The Kier molecular flexibility index (Phi) is 2.97. The van der Waals surface area contributed by atoms with Gasteiger partial charge in [0.25, 0.3) is 0 Å². The van der Waals surface area contributed by atoms with Gasteiger partial charge in [-0.05, 0) is 12.8 Å². The average molecular weight is 248 g/mol. The Hall–Kier alpha value is -1.89. The van der Waals surface area contributed by atoms with Crippen molar-refractivity contribution in [1.29, 1.82) is 0 Å². The lowest BCUT2D eigenvalue weighted by Gasteiger charge is -2.12. The second kappa shape index (κ2) is 4.77. The van der Waals surface area contributed by atoms with Gasteiger partial charge >= 0.3 is 0 Å². The van der Waals surface area contributed by atoms with Crippen LogP contribution < -0.4 is 10.6 Å². The van der Waals surface area contributed by atoms with Crippen LogP contribution in [0.3, 0.4) is 0 Å². The molecule has 0 saturated carbocycles. The van der Waals surface area contributed by atoms with Crippen LogP contribution in [0, 0.1) is 0 Å². The predicted octanol–water partition coefficient (Wildman–Crippen LogP) is 0.985. The summed E-state index contributed by atoms with van der Waals surface area (Å²) in [4.78, 5) is 15.8. The van der Waals surface area contributed by atoms with E-state index in [4.69, 9.17) is 4.74 Å². The minimum Gasteiger partial charge on any atom is -0.376 e. The zero-order chi connectivity index (χ0) is 12.4. The Morgan fingerprint density at radius 3 is 3.22 bits per heavy atom. The van der Waals surface area contributed by atoms with E-state index in [2.05, 4.69) is 30.6 Å². The second-order valence-corrected chi connectivity index (χ2v) is 4.26. The highest BCUT2D eigenvalue weighted by Crippen LogP contribution is 2.19. The molecule has 3 heterocycles. The third kappa shape index (κ3) is 2.08. The number of anilines is 2. The van der Waals surface area contributed by atoms with Gasteiger partial charge in [-0.25, -0.2) is 4.98 Å². The molecule has 1 saturated heterocycles. The fourth-order valence-corrected chi connectivity index (χ4v) is 2.09. The molecule has 2 aromatic rings. The van der Waals surface area contributed by atoms with Gasteiger partial charge in [0.2, 0.25) is 5.95 Å². The van der Waals surface area contributed by atoms with Gasteiger partial charge in [0, 0.05) is 20.2 Å². The van der Waals surface area contributed by atoms with E-state index in [-0.39, 0.29) is 6.10 Å². The summed E-state index contributed by atoms with van der Waals surface area (Å²) in [6, 6.07) is 0. The highest BCUT2D eigenvalue weighted by Gasteiger charge is 2.16. The van der Waals surface area contributed by atoms with Gasteiger partial charge in [0.05, 0.1) is 12.4 Å². The van der Waals surface area contributed by atoms with Crippen molar-refractivity contribution in [3.8, 4) is 0 Å². The average Bonchev–Trinajstić information content (AvgIpc) is 3.06. The lowest BCUT2D eigenvalue weighted by molar-refractivity contribution is 0.120. The first-order valence-electron chi connectivity index (χ1n) is 6.11. The van der Waals surface area contributed by atoms with Crippen LogP contribution in [0.1, 0.15) is 12.8 Å². The quantitative estimate of drug-likeness (QED) is 0.747. The van der Waals surface area contributed by atoms with Gasteiger partial charge in [-0.3, -0.25) is 0 Å². The Morgan fingerprint density at radius 1 is 1.50 bits per heavy atom. The fourth-order valence-electron chi connectivity index (χ4n) is 2.09. The van der Waals surface area contributed by atoms with Gasteiger partial charge in [0.15, 0.2) is 11.5 Å². The van der Waals surface area contributed by atoms with Crippen LogP contribution in [-0.2, 0) is 4.74 Å². The summed E-state index contributed by atoms with van der Waals surface area (Å²) in [5.41, 5.74) is 1.48. The van der Waals surface area contributed by atoms with Crippen LogP contribution in [0.5, 0.6) is 0 Å². The molecule has 0 spiro atoms. The molecule has 0 amide bonds. The van der Waals surface area contributed by atoms with Crippen molar-refractivity contribution in [3.05, 3.63) is 6.33 Å². The topological polar surface area (TPSA) is 87.8 Å². The lowest BCUT2D eigenvalue weighted by atomic mass is 10.2. The molecule has 2 aromatic heterocycles. The number of hydrogen-bond acceptors (Lipinski definition) is 6. The zero-order valence-corrected chi connectivity index (χ0v) is 10.2. The number of imidazole rings is 1. The van der Waals surface area contributed by atoms with E-state index in [1.807, 2.05) is 0 Å². The molecular formula is C11H16N6O. The van der Waals surface area contributed by atoms with Crippen LogP contribution in [0.4, 0.5) is 11.8 Å². The number of aromatic amines is 1. The van der Waals surface area contributed by atoms with Crippen molar-refractivity contribution in [3.63, 3.8) is 0 Å². The first-order valence-corrected chi connectivity index (χ1v) is 6.11. The Labute approximate surface area is 104 Å². The molecule has 1 aliphatic heterocycles. The number of H-pyrrole nitrogens is 1. The van der Waals surface area contributed by atoms with Gasteiger partial charge in [0.1, 0.15) is 5.52 Å². The zero-order valence-electron chi connectivity index (χ0n) is 10.2. The largest absolute Gasteiger partial charge is 0.376 e. The third-order valence-corrected chi connectivity index (χ3v) is 3.03. The summed E-state index contributed by atoms with van der Waals surface area (Å²) >= 11 is 0. The van der Waals surface area contributed by atoms with Crippen LogP contribution in [-0.4, -0.2) is 46.2 Å². The first kappa shape index (κ1) is 11.2. The summed E-state index contributed by atoms with van der Waals surface area (Å²) in [6.07, 6.45) is 4.13. The van der Waals surface area contributed by atoms with E-state index in [1.165, 1.54) is 0 Å². The van der Waals surface area contributed by atoms with E-state index in [0.717, 1.165) is 37.3 Å². The molecule has 1 fully saturated rings. The molecule has 3 rings (SSSR count). The maximum absolute atomic E-state index is 5.58. The van der Waals surface area contributed by atoms with Crippen LogP contribution in [0.25, 0.3) is 11.2 Å². The molecule has 3 N–H and O–H groups in total. The molecule has 96 valence electrons. The monoisotopic (exact) mass is 248 g/mol. The molecule has 0 bridgehead atoms. The van der Waals surface area contributed by atoms with Crippen molar-refractivity contribution in [2.24, 2.45) is 0 Å². The third-order valence-electron chi connectivity index (χ3n) is 3.03. The maximum atomic E-state index is 5.58. The maximum Gasteiger partial charge on any atom is 0.226 e. The SMILES string of the molecule is CNc1nc(NCC2CCCO2)c2[nH]cnc2n1. The summed E-state index contributed by atoms with van der Waals surface area (Å²) in [7, 11) is 1.79. The number of rotatable bonds is 4. The van der Waals surface area contributed by atoms with E-state index < -0.39 is 0 Å². The van der Waals surface area contributed by atoms with Crippen molar-refractivity contribution >= 4 is 22.9 Å². The van der Waals surface area contributed by atoms with Gasteiger partial charge in [-0.15, -0.1) is 0 Å². The number of nitrogens with one attached hydrogen (secondary N) is 3. The highest BCUT2D eigenvalue weighted by atomic mass is 16.5. The van der Waals surface area contributed by atoms with Crippen LogP contribution in [0.15, 0.2) is 6.33 Å². The Balaban J connectivity index is 1.82.